The first-order valence-electron chi connectivity index (χ1n) is 5.17. The van der Waals surface area contributed by atoms with Crippen LogP contribution in [-0.4, -0.2) is 17.5 Å². The highest BCUT2D eigenvalue weighted by molar-refractivity contribution is 7.10. The minimum Gasteiger partial charge on any atom is -0.383 e. The van der Waals surface area contributed by atoms with Gasteiger partial charge in [0.05, 0.1) is 0 Å². The van der Waals surface area contributed by atoms with E-state index < -0.39 is 0 Å². The summed E-state index contributed by atoms with van der Waals surface area (Å²) in [5.41, 5.74) is 6.87. The van der Waals surface area contributed by atoms with Gasteiger partial charge in [0.2, 0.25) is 0 Å². The minimum absolute atomic E-state index is 0.681. The van der Waals surface area contributed by atoms with Crippen molar-refractivity contribution in [1.29, 1.82) is 0 Å². The Balaban J connectivity index is 2.73. The van der Waals surface area contributed by atoms with E-state index in [1.807, 2.05) is 6.92 Å². The normalized spacial score (nSPS) is 10.5. The molecular weight excluding hydrogens is 194 g/mol. The molecule has 0 saturated carbocycles. The second-order valence-electron chi connectivity index (χ2n) is 3.43. The number of anilines is 2. The Morgan fingerprint density at radius 3 is 2.57 bits per heavy atom. The van der Waals surface area contributed by atoms with Crippen LogP contribution >= 0.6 is 11.5 Å². The van der Waals surface area contributed by atoms with Gasteiger partial charge in [0, 0.05) is 18.7 Å². The van der Waals surface area contributed by atoms with E-state index in [4.69, 9.17) is 5.73 Å². The highest BCUT2D eigenvalue weighted by Crippen LogP contribution is 2.29. The van der Waals surface area contributed by atoms with Crippen molar-refractivity contribution in [2.75, 3.05) is 23.7 Å². The molecule has 0 aliphatic heterocycles. The average Bonchev–Trinajstić information content (AvgIpc) is 2.51. The summed E-state index contributed by atoms with van der Waals surface area (Å²) in [7, 11) is 0. The highest BCUT2D eigenvalue weighted by Gasteiger charge is 2.12. The quantitative estimate of drug-likeness (QED) is 0.817. The van der Waals surface area contributed by atoms with Gasteiger partial charge >= 0.3 is 0 Å². The zero-order valence-electron chi connectivity index (χ0n) is 9.21. The van der Waals surface area contributed by atoms with Gasteiger partial charge in [-0.1, -0.05) is 13.3 Å². The lowest BCUT2D eigenvalue weighted by atomic mass is 10.3. The number of rotatable bonds is 5. The van der Waals surface area contributed by atoms with Gasteiger partial charge in [-0.3, -0.25) is 0 Å². The minimum atomic E-state index is 0.681. The maximum Gasteiger partial charge on any atom is 0.142 e. The Bertz CT molecular complexity index is 283. The Morgan fingerprint density at radius 1 is 1.43 bits per heavy atom. The van der Waals surface area contributed by atoms with Crippen molar-refractivity contribution < 1.29 is 0 Å². The molecule has 80 valence electrons. The zero-order chi connectivity index (χ0) is 10.6. The number of aromatic nitrogens is 1. The molecule has 0 unspecified atom stereocenters. The molecule has 1 rings (SSSR count). The molecule has 3 nitrogen and oxygen atoms in total. The van der Waals surface area contributed by atoms with Gasteiger partial charge in [0.15, 0.2) is 0 Å². The Kier molecular flexibility index (Phi) is 4.20. The lowest BCUT2D eigenvalue weighted by molar-refractivity contribution is 0.735. The molecule has 4 heteroatoms. The number of nitrogens with two attached hydrogens (primary N) is 1. The molecule has 0 aliphatic carbocycles. The average molecular weight is 213 g/mol. The van der Waals surface area contributed by atoms with Gasteiger partial charge < -0.3 is 10.6 Å². The third-order valence-electron chi connectivity index (χ3n) is 2.39. The molecule has 14 heavy (non-hydrogen) atoms. The first-order valence-corrected chi connectivity index (χ1v) is 5.94. The van der Waals surface area contributed by atoms with Crippen LogP contribution in [0.25, 0.3) is 0 Å². The molecule has 0 bridgehead atoms. The number of unbranched alkanes of at least 4 members (excludes halogenated alkanes) is 1. The number of nitrogens with zero attached hydrogens (tertiary/aromatic N) is 2. The largest absolute Gasteiger partial charge is 0.383 e. The molecule has 0 fully saturated rings. The maximum absolute atomic E-state index is 5.73. The van der Waals surface area contributed by atoms with Gasteiger partial charge in [-0.25, -0.2) is 0 Å². The third kappa shape index (κ3) is 2.38. The molecule has 1 heterocycles. The van der Waals surface area contributed by atoms with Crippen LogP contribution < -0.4 is 10.6 Å². The second kappa shape index (κ2) is 5.20. The monoisotopic (exact) mass is 213 g/mol. The topological polar surface area (TPSA) is 42.2 Å². The molecular formula is C10H19N3S. The lowest BCUT2D eigenvalue weighted by Crippen LogP contribution is -2.23. The maximum atomic E-state index is 5.73. The Labute approximate surface area is 90.1 Å². The van der Waals surface area contributed by atoms with E-state index in [1.165, 1.54) is 29.4 Å². The van der Waals surface area contributed by atoms with E-state index in [2.05, 4.69) is 23.1 Å². The van der Waals surface area contributed by atoms with Crippen LogP contribution in [0.4, 0.5) is 10.8 Å². The van der Waals surface area contributed by atoms with Crippen LogP contribution in [0.15, 0.2) is 0 Å². The van der Waals surface area contributed by atoms with Gasteiger partial charge in [-0.05, 0) is 31.8 Å². The summed E-state index contributed by atoms with van der Waals surface area (Å²) < 4.78 is 4.17. The molecule has 1 aromatic rings. The molecule has 0 aromatic carbocycles. The smallest absolute Gasteiger partial charge is 0.142 e. The molecule has 0 amide bonds. The van der Waals surface area contributed by atoms with Crippen LogP contribution in [0.1, 0.15) is 32.3 Å². The summed E-state index contributed by atoms with van der Waals surface area (Å²) >= 11 is 1.51. The molecule has 0 radical (unpaired) electrons. The number of hydrogen-bond acceptors (Lipinski definition) is 4. The fourth-order valence-electron chi connectivity index (χ4n) is 1.39. The summed E-state index contributed by atoms with van der Waals surface area (Å²) in [6, 6.07) is 0. The fraction of sp³-hybridized carbons (Fsp3) is 0.700. The van der Waals surface area contributed by atoms with Crippen LogP contribution in [-0.2, 0) is 0 Å². The van der Waals surface area contributed by atoms with Gasteiger partial charge in [0.25, 0.3) is 0 Å². The van der Waals surface area contributed by atoms with E-state index in [-0.39, 0.29) is 0 Å². The van der Waals surface area contributed by atoms with E-state index in [0.29, 0.717) is 5.82 Å². The summed E-state index contributed by atoms with van der Waals surface area (Å²) in [5, 5.41) is 1.23. The standard InChI is InChI=1S/C10H19N3S/c1-4-6-7-13(5-2)10-8(3)9(11)12-14-10/h4-7H2,1-3H3,(H2,11,12). The van der Waals surface area contributed by atoms with Crippen LogP contribution in [0.5, 0.6) is 0 Å². The number of nitrogen functional groups attached to an aromatic ring is 1. The Hall–Kier alpha value is -0.770. The highest BCUT2D eigenvalue weighted by atomic mass is 32.1. The summed E-state index contributed by atoms with van der Waals surface area (Å²) in [5.74, 6) is 0.681. The molecule has 0 spiro atoms. The van der Waals surface area contributed by atoms with E-state index in [9.17, 15) is 0 Å². The first-order chi connectivity index (χ1) is 6.70. The van der Waals surface area contributed by atoms with Crippen molar-refractivity contribution in [1.82, 2.24) is 4.37 Å². The van der Waals surface area contributed by atoms with Crippen LogP contribution in [0.2, 0.25) is 0 Å². The van der Waals surface area contributed by atoms with Gasteiger partial charge in [0.1, 0.15) is 10.8 Å². The van der Waals surface area contributed by atoms with Crippen molar-refractivity contribution >= 4 is 22.4 Å². The van der Waals surface area contributed by atoms with E-state index in [1.54, 1.807) is 0 Å². The predicted molar refractivity (Wildman–Crippen MR) is 64.1 cm³/mol. The van der Waals surface area contributed by atoms with Crippen molar-refractivity contribution in [3.63, 3.8) is 0 Å². The summed E-state index contributed by atoms with van der Waals surface area (Å²) in [6.07, 6.45) is 2.45. The van der Waals surface area contributed by atoms with Crippen molar-refractivity contribution in [3.8, 4) is 0 Å². The Morgan fingerprint density at radius 2 is 2.14 bits per heavy atom. The molecule has 0 atom stereocenters. The molecule has 1 aromatic heterocycles. The molecule has 2 N–H and O–H groups in total. The second-order valence-corrected chi connectivity index (χ2v) is 4.18. The molecule has 0 aliphatic rings. The van der Waals surface area contributed by atoms with Gasteiger partial charge in [-0.2, -0.15) is 4.37 Å². The predicted octanol–water partition coefficient (Wildman–Crippen LogP) is 2.66. The van der Waals surface area contributed by atoms with Crippen molar-refractivity contribution in [2.24, 2.45) is 0 Å². The van der Waals surface area contributed by atoms with Gasteiger partial charge in [-0.15, -0.1) is 0 Å². The van der Waals surface area contributed by atoms with E-state index >= 15 is 0 Å². The zero-order valence-corrected chi connectivity index (χ0v) is 10.0. The first kappa shape index (κ1) is 11.3. The van der Waals surface area contributed by atoms with Crippen molar-refractivity contribution in [3.05, 3.63) is 5.56 Å². The summed E-state index contributed by atoms with van der Waals surface area (Å²) in [6.45, 7) is 8.56. The van der Waals surface area contributed by atoms with Crippen molar-refractivity contribution in [2.45, 2.75) is 33.6 Å². The number of hydrogen-bond donors (Lipinski definition) is 1. The summed E-state index contributed by atoms with van der Waals surface area (Å²) in [4.78, 5) is 2.35. The fourth-order valence-corrected chi connectivity index (χ4v) is 2.29. The van der Waals surface area contributed by atoms with Crippen LogP contribution in [0, 0.1) is 6.92 Å². The van der Waals surface area contributed by atoms with Crippen LogP contribution in [0.3, 0.4) is 0 Å². The third-order valence-corrected chi connectivity index (χ3v) is 3.41. The lowest BCUT2D eigenvalue weighted by Gasteiger charge is -2.21. The molecule has 0 saturated heterocycles. The SMILES string of the molecule is CCCCN(CC)c1snc(N)c1C. The van der Waals surface area contributed by atoms with E-state index in [0.717, 1.165) is 18.7 Å².